The van der Waals surface area contributed by atoms with Crippen LogP contribution in [0.25, 0.3) is 5.70 Å². The lowest BCUT2D eigenvalue weighted by molar-refractivity contribution is -0.125. The van der Waals surface area contributed by atoms with Crippen molar-refractivity contribution in [2.45, 2.75) is 31.4 Å². The summed E-state index contributed by atoms with van der Waals surface area (Å²) in [7, 11) is 1.59. The van der Waals surface area contributed by atoms with E-state index in [2.05, 4.69) is 15.4 Å². The Balaban J connectivity index is 1.26. The molecule has 5 rings (SSSR count). The van der Waals surface area contributed by atoms with Crippen molar-refractivity contribution in [3.8, 4) is 5.75 Å². The van der Waals surface area contributed by atoms with Gasteiger partial charge in [0.1, 0.15) is 17.7 Å². The van der Waals surface area contributed by atoms with Gasteiger partial charge in [-0.05, 0) is 30.5 Å². The Morgan fingerprint density at radius 3 is 2.42 bits per heavy atom. The molecule has 0 aliphatic carbocycles. The molecule has 2 fully saturated rings. The van der Waals surface area contributed by atoms with Crippen molar-refractivity contribution in [3.05, 3.63) is 64.7 Å². The number of urea groups is 1. The largest absolute Gasteiger partial charge is 0.483 e. The van der Waals surface area contributed by atoms with Gasteiger partial charge in [0.15, 0.2) is 11.6 Å². The molecule has 0 bridgehead atoms. The predicted octanol–water partition coefficient (Wildman–Crippen LogP) is 3.32. The molecule has 0 unspecified atom stereocenters. The molecule has 2 N–H and O–H groups in total. The molecule has 3 amide bonds. The standard InChI is InChI=1S/C27H28F3N7O3/c1-32-25(20(12-31)26(38)35-6-2-3-7-35)22-11-24(21(30)13-33-22)40-19-14-36(15-19)27(39)37-23(4-5-34-37)16-8-17(28)10-18(29)9-16/h5,8-13,19,23,31-32H,2-4,6-7,14-15H2,1H3/b25-20+,31-12?/t23-/m0/s1. The van der Waals surface area contributed by atoms with Crippen molar-refractivity contribution in [2.24, 2.45) is 5.10 Å². The first-order chi connectivity index (χ1) is 19.3. The van der Waals surface area contributed by atoms with Crippen molar-refractivity contribution in [2.75, 3.05) is 33.2 Å². The van der Waals surface area contributed by atoms with Gasteiger partial charge in [-0.2, -0.15) is 5.10 Å². The first kappa shape index (κ1) is 27.2. The number of amides is 3. The summed E-state index contributed by atoms with van der Waals surface area (Å²) in [4.78, 5) is 33.2. The van der Waals surface area contributed by atoms with Gasteiger partial charge in [-0.1, -0.05) is 0 Å². The van der Waals surface area contributed by atoms with Crippen LogP contribution in [0.5, 0.6) is 5.75 Å². The fourth-order valence-corrected chi connectivity index (χ4v) is 5.02. The number of hydrogen-bond acceptors (Lipinski definition) is 7. The number of ether oxygens (including phenoxy) is 1. The number of carbonyl (C=O) groups is 2. The summed E-state index contributed by atoms with van der Waals surface area (Å²) in [6.45, 7) is 1.50. The third kappa shape index (κ3) is 5.36. The summed E-state index contributed by atoms with van der Waals surface area (Å²) in [6.07, 6.45) is 5.03. The predicted molar refractivity (Wildman–Crippen MR) is 140 cm³/mol. The Morgan fingerprint density at radius 2 is 1.77 bits per heavy atom. The van der Waals surface area contributed by atoms with E-state index in [0.717, 1.165) is 31.3 Å². The number of nitrogens with one attached hydrogen (secondary N) is 2. The molecule has 3 aliphatic rings. The van der Waals surface area contributed by atoms with Crippen LogP contribution in [0.1, 0.15) is 36.6 Å². The Bertz CT molecular complexity index is 1370. The van der Waals surface area contributed by atoms with Crippen LogP contribution >= 0.6 is 0 Å². The van der Waals surface area contributed by atoms with Gasteiger partial charge >= 0.3 is 6.03 Å². The van der Waals surface area contributed by atoms with E-state index in [1.165, 1.54) is 34.3 Å². The zero-order valence-electron chi connectivity index (χ0n) is 21.7. The second kappa shape index (κ2) is 11.4. The van der Waals surface area contributed by atoms with Crippen molar-refractivity contribution in [3.63, 3.8) is 0 Å². The van der Waals surface area contributed by atoms with E-state index < -0.39 is 35.6 Å². The molecule has 1 aromatic carbocycles. The topological polar surface area (TPSA) is 114 Å². The Hall–Kier alpha value is -4.42. The van der Waals surface area contributed by atoms with Crippen molar-refractivity contribution < 1.29 is 27.5 Å². The first-order valence-electron chi connectivity index (χ1n) is 12.9. The molecule has 3 aliphatic heterocycles. The van der Waals surface area contributed by atoms with Crippen LogP contribution in [0.15, 0.2) is 41.1 Å². The van der Waals surface area contributed by atoms with Gasteiger partial charge in [-0.25, -0.2) is 23.0 Å². The second-order valence-corrected chi connectivity index (χ2v) is 9.71. The fraction of sp³-hybridized carbons (Fsp3) is 0.370. The lowest BCUT2D eigenvalue weighted by atomic mass is 10.0. The summed E-state index contributed by atoms with van der Waals surface area (Å²) in [5.74, 6) is -2.61. The van der Waals surface area contributed by atoms with Gasteiger partial charge in [0.05, 0.1) is 42.3 Å². The fourth-order valence-electron chi connectivity index (χ4n) is 5.02. The number of nitrogens with zero attached hydrogens (tertiary/aromatic N) is 5. The van der Waals surface area contributed by atoms with Crippen LogP contribution in [0.2, 0.25) is 0 Å². The molecule has 13 heteroatoms. The molecule has 1 atom stereocenters. The Kier molecular flexibility index (Phi) is 7.71. The summed E-state index contributed by atoms with van der Waals surface area (Å²) < 4.78 is 47.9. The lowest BCUT2D eigenvalue weighted by Gasteiger charge is -2.41. The highest BCUT2D eigenvalue weighted by Gasteiger charge is 2.39. The zero-order chi connectivity index (χ0) is 28.4. The number of hydrogen-bond donors (Lipinski definition) is 2. The van der Waals surface area contributed by atoms with E-state index >= 15 is 0 Å². The highest BCUT2D eigenvalue weighted by molar-refractivity contribution is 6.17. The number of aromatic nitrogens is 1. The molecule has 2 saturated heterocycles. The van der Waals surface area contributed by atoms with E-state index in [-0.39, 0.29) is 41.7 Å². The Morgan fingerprint density at radius 1 is 1.07 bits per heavy atom. The summed E-state index contributed by atoms with van der Waals surface area (Å²) in [6, 6.07) is 3.35. The molecule has 1 aromatic heterocycles. The van der Waals surface area contributed by atoms with E-state index in [1.54, 1.807) is 11.9 Å². The molecule has 0 radical (unpaired) electrons. The number of hydrazone groups is 1. The number of pyridine rings is 1. The summed E-state index contributed by atoms with van der Waals surface area (Å²) >= 11 is 0. The number of benzene rings is 1. The van der Waals surface area contributed by atoms with Gasteiger partial charge in [0.2, 0.25) is 0 Å². The average Bonchev–Trinajstić information content (AvgIpc) is 3.62. The van der Waals surface area contributed by atoms with Crippen LogP contribution in [0.3, 0.4) is 0 Å². The normalized spacial score (nSPS) is 19.4. The number of halogens is 3. The number of rotatable bonds is 7. The van der Waals surface area contributed by atoms with Gasteiger partial charge in [0.25, 0.3) is 5.91 Å². The molecule has 2 aromatic rings. The van der Waals surface area contributed by atoms with Crippen LogP contribution in [-0.2, 0) is 4.79 Å². The first-order valence-corrected chi connectivity index (χ1v) is 12.9. The van der Waals surface area contributed by atoms with E-state index in [9.17, 15) is 22.8 Å². The highest BCUT2D eigenvalue weighted by atomic mass is 19.1. The monoisotopic (exact) mass is 555 g/mol. The molecule has 0 saturated carbocycles. The second-order valence-electron chi connectivity index (χ2n) is 9.71. The summed E-state index contributed by atoms with van der Waals surface area (Å²) in [5, 5.41) is 16.0. The van der Waals surface area contributed by atoms with Crippen LogP contribution in [0, 0.1) is 22.9 Å². The molecule has 4 heterocycles. The van der Waals surface area contributed by atoms with E-state index in [0.29, 0.717) is 25.1 Å². The molecule has 40 heavy (non-hydrogen) atoms. The molecule has 0 spiro atoms. The SMILES string of the molecule is CN/C(=C(\C=N)C(=O)N1CCCC1)c1cc(OC2CN(C(=O)N3N=CC[C@H]3c3cc(F)cc(F)c3)C2)c(F)cn1. The highest BCUT2D eigenvalue weighted by Crippen LogP contribution is 2.32. The van der Waals surface area contributed by atoms with Crippen LogP contribution in [0.4, 0.5) is 18.0 Å². The molecule has 10 nitrogen and oxygen atoms in total. The maximum Gasteiger partial charge on any atom is 0.341 e. The van der Waals surface area contributed by atoms with Gasteiger partial charge in [-0.15, -0.1) is 0 Å². The quantitative estimate of drug-likeness (QED) is 0.402. The average molecular weight is 556 g/mol. The van der Waals surface area contributed by atoms with Crippen molar-refractivity contribution >= 4 is 30.1 Å². The maximum absolute atomic E-state index is 14.6. The van der Waals surface area contributed by atoms with Crippen LogP contribution < -0.4 is 10.1 Å². The van der Waals surface area contributed by atoms with Gasteiger partial charge in [-0.3, -0.25) is 9.78 Å². The van der Waals surface area contributed by atoms with E-state index in [1.807, 2.05) is 0 Å². The van der Waals surface area contributed by atoms with Gasteiger partial charge in [0, 0.05) is 51.1 Å². The maximum atomic E-state index is 14.6. The minimum absolute atomic E-state index is 0.105. The van der Waals surface area contributed by atoms with Crippen LogP contribution in [-0.4, -0.2) is 83.5 Å². The van der Waals surface area contributed by atoms with Gasteiger partial charge < -0.3 is 25.3 Å². The third-order valence-electron chi connectivity index (χ3n) is 7.07. The summed E-state index contributed by atoms with van der Waals surface area (Å²) in [5.41, 5.74) is 0.903. The van der Waals surface area contributed by atoms with Crippen molar-refractivity contribution in [1.29, 1.82) is 5.41 Å². The lowest BCUT2D eigenvalue weighted by Crippen LogP contribution is -2.58. The van der Waals surface area contributed by atoms with E-state index in [4.69, 9.17) is 10.1 Å². The third-order valence-corrected chi connectivity index (χ3v) is 7.07. The molecular formula is C27H28F3N7O3. The molecule has 210 valence electrons. The molecular weight excluding hydrogens is 527 g/mol. The smallest absolute Gasteiger partial charge is 0.341 e. The van der Waals surface area contributed by atoms with Crippen molar-refractivity contribution in [1.82, 2.24) is 25.1 Å². The minimum Gasteiger partial charge on any atom is -0.483 e. The zero-order valence-corrected chi connectivity index (χ0v) is 21.7. The number of carbonyl (C=O) groups excluding carboxylic acids is 2. The number of likely N-dealkylation sites (tertiary alicyclic amines) is 2. The Labute approximate surface area is 228 Å². The minimum atomic E-state index is -0.741.